The predicted molar refractivity (Wildman–Crippen MR) is 90.8 cm³/mol. The molecule has 0 saturated heterocycles. The van der Waals surface area contributed by atoms with Crippen LogP contribution in [0.5, 0.6) is 0 Å². The molecule has 0 aliphatic heterocycles. The number of sulfonamides is 1. The zero-order valence-corrected chi connectivity index (χ0v) is 14.3. The molecule has 128 valence electrons. The van der Waals surface area contributed by atoms with Gasteiger partial charge in [0, 0.05) is 37.1 Å². The van der Waals surface area contributed by atoms with Crippen molar-refractivity contribution in [3.05, 3.63) is 70.0 Å². The van der Waals surface area contributed by atoms with E-state index in [1.54, 1.807) is 30.6 Å². The Bertz CT molecular complexity index is 809. The highest BCUT2D eigenvalue weighted by Crippen LogP contribution is 2.28. The summed E-state index contributed by atoms with van der Waals surface area (Å²) < 4.78 is 26.7. The lowest BCUT2D eigenvalue weighted by atomic mass is 10.1. The minimum Gasteiger partial charge on any atom is -0.265 e. The molecule has 2 rings (SSSR count). The third-order valence-electron chi connectivity index (χ3n) is 3.88. The third-order valence-corrected chi connectivity index (χ3v) is 5.69. The molecule has 7 nitrogen and oxygen atoms in total. The van der Waals surface area contributed by atoms with E-state index in [9.17, 15) is 18.5 Å². The summed E-state index contributed by atoms with van der Waals surface area (Å²) in [6, 6.07) is 9.08. The van der Waals surface area contributed by atoms with Gasteiger partial charge in [-0.3, -0.25) is 15.1 Å². The Morgan fingerprint density at radius 2 is 1.83 bits per heavy atom. The first kappa shape index (κ1) is 18.0. The van der Waals surface area contributed by atoms with Gasteiger partial charge in [0.25, 0.3) is 5.69 Å². The van der Waals surface area contributed by atoms with Gasteiger partial charge in [0.05, 0.1) is 10.7 Å². The number of rotatable bonds is 7. The van der Waals surface area contributed by atoms with Crippen LogP contribution in [0.25, 0.3) is 0 Å². The van der Waals surface area contributed by atoms with Crippen molar-refractivity contribution >= 4 is 15.7 Å². The van der Waals surface area contributed by atoms with Crippen LogP contribution in [0.2, 0.25) is 0 Å². The van der Waals surface area contributed by atoms with Crippen LogP contribution in [0.1, 0.15) is 30.5 Å². The van der Waals surface area contributed by atoms with Gasteiger partial charge in [-0.25, -0.2) is 8.42 Å². The summed E-state index contributed by atoms with van der Waals surface area (Å²) in [5.41, 5.74) is 0.825. The normalized spacial score (nSPS) is 13.0. The van der Waals surface area contributed by atoms with Gasteiger partial charge in [0.2, 0.25) is 10.0 Å². The largest absolute Gasteiger partial charge is 0.273 e. The van der Waals surface area contributed by atoms with E-state index in [2.05, 4.69) is 4.98 Å². The molecule has 0 bridgehead atoms. The standard InChI is InChI=1S/C16H19N3O4S/c1-3-15(13-8-10-17-11-9-13)18(2)24(22,23)12-14-6-4-5-7-16(14)19(20)21/h4-11,15H,3,12H2,1-2H3/t15-/m0/s1. The summed E-state index contributed by atoms with van der Waals surface area (Å²) in [7, 11) is -2.22. The first-order chi connectivity index (χ1) is 11.4. The molecule has 0 radical (unpaired) electrons. The van der Waals surface area contributed by atoms with E-state index in [0.29, 0.717) is 6.42 Å². The van der Waals surface area contributed by atoms with Crippen molar-refractivity contribution in [3.63, 3.8) is 0 Å². The molecule has 0 N–H and O–H groups in total. The Morgan fingerprint density at radius 3 is 2.42 bits per heavy atom. The molecular formula is C16H19N3O4S. The number of nitro groups is 1. The Labute approximate surface area is 141 Å². The summed E-state index contributed by atoms with van der Waals surface area (Å²) in [4.78, 5) is 14.5. The molecule has 0 amide bonds. The maximum atomic E-state index is 12.7. The fourth-order valence-electron chi connectivity index (χ4n) is 2.59. The van der Waals surface area contributed by atoms with Gasteiger partial charge in [-0.2, -0.15) is 4.31 Å². The monoisotopic (exact) mass is 349 g/mol. The highest BCUT2D eigenvalue weighted by atomic mass is 32.2. The van der Waals surface area contributed by atoms with Crippen molar-refractivity contribution in [2.75, 3.05) is 7.05 Å². The third kappa shape index (κ3) is 3.95. The molecule has 24 heavy (non-hydrogen) atoms. The molecular weight excluding hydrogens is 330 g/mol. The van der Waals surface area contributed by atoms with Crippen molar-refractivity contribution in [1.82, 2.24) is 9.29 Å². The molecule has 1 aromatic carbocycles. The molecule has 0 aliphatic carbocycles. The molecule has 8 heteroatoms. The number of para-hydroxylation sites is 1. The minimum atomic E-state index is -3.72. The maximum absolute atomic E-state index is 12.7. The predicted octanol–water partition coefficient (Wildman–Crippen LogP) is 2.90. The van der Waals surface area contributed by atoms with E-state index in [0.717, 1.165) is 5.56 Å². The van der Waals surface area contributed by atoms with Crippen LogP contribution in [-0.2, 0) is 15.8 Å². The second kappa shape index (κ2) is 7.50. The average Bonchev–Trinajstić information content (AvgIpc) is 2.56. The molecule has 0 fully saturated rings. The highest BCUT2D eigenvalue weighted by Gasteiger charge is 2.29. The number of hydrogen-bond acceptors (Lipinski definition) is 5. The van der Waals surface area contributed by atoms with Crippen molar-refractivity contribution in [2.45, 2.75) is 25.1 Å². The Morgan fingerprint density at radius 1 is 1.21 bits per heavy atom. The molecule has 1 heterocycles. The van der Waals surface area contributed by atoms with Crippen LogP contribution < -0.4 is 0 Å². The van der Waals surface area contributed by atoms with Gasteiger partial charge in [0.1, 0.15) is 0 Å². The van der Waals surface area contributed by atoms with E-state index in [-0.39, 0.29) is 17.3 Å². The highest BCUT2D eigenvalue weighted by molar-refractivity contribution is 7.88. The lowest BCUT2D eigenvalue weighted by Gasteiger charge is -2.26. The number of pyridine rings is 1. The van der Waals surface area contributed by atoms with Crippen LogP contribution in [0.3, 0.4) is 0 Å². The van der Waals surface area contributed by atoms with Gasteiger partial charge >= 0.3 is 0 Å². The van der Waals surface area contributed by atoms with Gasteiger partial charge < -0.3 is 0 Å². The number of nitro benzene ring substituents is 1. The quantitative estimate of drug-likeness (QED) is 0.566. The van der Waals surface area contributed by atoms with Gasteiger partial charge in [-0.1, -0.05) is 25.1 Å². The van der Waals surface area contributed by atoms with Crippen LogP contribution >= 0.6 is 0 Å². The zero-order chi connectivity index (χ0) is 17.7. The lowest BCUT2D eigenvalue weighted by Crippen LogP contribution is -2.32. The first-order valence-corrected chi connectivity index (χ1v) is 9.05. The van der Waals surface area contributed by atoms with Crippen LogP contribution in [-0.4, -0.2) is 29.7 Å². The van der Waals surface area contributed by atoms with E-state index in [4.69, 9.17) is 0 Å². The van der Waals surface area contributed by atoms with Crippen LogP contribution in [0.15, 0.2) is 48.8 Å². The zero-order valence-electron chi connectivity index (χ0n) is 13.5. The smallest absolute Gasteiger partial charge is 0.265 e. The molecule has 0 unspecified atom stereocenters. The number of hydrogen-bond donors (Lipinski definition) is 0. The van der Waals surface area contributed by atoms with Crippen molar-refractivity contribution in [2.24, 2.45) is 0 Å². The minimum absolute atomic E-state index is 0.180. The maximum Gasteiger partial charge on any atom is 0.273 e. The van der Waals surface area contributed by atoms with Crippen molar-refractivity contribution < 1.29 is 13.3 Å². The summed E-state index contributed by atoms with van der Waals surface area (Å²) in [5, 5.41) is 11.1. The summed E-state index contributed by atoms with van der Waals surface area (Å²) in [6.07, 6.45) is 3.80. The van der Waals surface area contributed by atoms with E-state index >= 15 is 0 Å². The first-order valence-electron chi connectivity index (χ1n) is 7.44. The second-order valence-corrected chi connectivity index (χ2v) is 7.39. The van der Waals surface area contributed by atoms with Crippen molar-refractivity contribution in [1.29, 1.82) is 0 Å². The Kier molecular flexibility index (Phi) is 5.63. The molecule has 0 spiro atoms. The van der Waals surface area contributed by atoms with Crippen molar-refractivity contribution in [3.8, 4) is 0 Å². The second-order valence-electron chi connectivity index (χ2n) is 5.36. The van der Waals surface area contributed by atoms with Crippen LogP contribution in [0, 0.1) is 10.1 Å². The van der Waals surface area contributed by atoms with Gasteiger partial charge in [-0.05, 0) is 24.1 Å². The average molecular weight is 349 g/mol. The SMILES string of the molecule is CC[C@@H](c1ccncc1)N(C)S(=O)(=O)Cc1ccccc1[N+](=O)[O-]. The summed E-state index contributed by atoms with van der Waals surface area (Å²) in [6.45, 7) is 1.89. The molecule has 2 aromatic rings. The van der Waals surface area contributed by atoms with Crippen LogP contribution in [0.4, 0.5) is 5.69 Å². The number of benzene rings is 1. The van der Waals surface area contributed by atoms with E-state index in [1.165, 1.54) is 29.6 Å². The summed E-state index contributed by atoms with van der Waals surface area (Å²) in [5.74, 6) is -0.414. The Hall–Kier alpha value is -2.32. The van der Waals surface area contributed by atoms with E-state index < -0.39 is 20.7 Å². The fraction of sp³-hybridized carbons (Fsp3) is 0.312. The van der Waals surface area contributed by atoms with Gasteiger partial charge in [0.15, 0.2) is 0 Å². The lowest BCUT2D eigenvalue weighted by molar-refractivity contribution is -0.385. The molecule has 1 atom stereocenters. The number of nitrogens with zero attached hydrogens (tertiary/aromatic N) is 3. The molecule has 0 saturated carbocycles. The Balaban J connectivity index is 2.31. The fourth-order valence-corrected chi connectivity index (χ4v) is 4.09. The topological polar surface area (TPSA) is 93.4 Å². The van der Waals surface area contributed by atoms with Gasteiger partial charge in [-0.15, -0.1) is 0 Å². The van der Waals surface area contributed by atoms with E-state index in [1.807, 2.05) is 6.92 Å². The molecule has 0 aliphatic rings. The number of aromatic nitrogens is 1. The summed E-state index contributed by atoms with van der Waals surface area (Å²) >= 11 is 0. The molecule has 1 aromatic heterocycles.